The van der Waals surface area contributed by atoms with Crippen LogP contribution in [0.4, 0.5) is 5.69 Å². The Hall–Kier alpha value is -3.26. The zero-order valence-electron chi connectivity index (χ0n) is 11.8. The Morgan fingerprint density at radius 2 is 1.82 bits per heavy atom. The lowest BCUT2D eigenvalue weighted by Crippen LogP contribution is -2.04. The molecule has 0 aliphatic rings. The molecule has 0 saturated carbocycles. The minimum Gasteiger partial charge on any atom is -0.288 e. The van der Waals surface area contributed by atoms with E-state index < -0.39 is 10.7 Å². The highest BCUT2D eigenvalue weighted by Gasteiger charge is 2.17. The average Bonchev–Trinajstić information content (AvgIpc) is 2.52. The number of carbonyl (C=O) groups excluding carboxylic acids is 1. The molecule has 0 aliphatic heterocycles. The third-order valence-corrected chi connectivity index (χ3v) is 3.19. The van der Waals surface area contributed by atoms with Crippen molar-refractivity contribution >= 4 is 17.5 Å². The fourth-order valence-corrected chi connectivity index (χ4v) is 2.05. The maximum absolute atomic E-state index is 12.4. The first kappa shape index (κ1) is 15.1. The second-order valence-electron chi connectivity index (χ2n) is 4.63. The molecule has 0 radical (unpaired) electrons. The molecule has 2 aromatic carbocycles. The van der Waals surface area contributed by atoms with Gasteiger partial charge in [0.25, 0.3) is 5.69 Å². The van der Waals surface area contributed by atoms with Gasteiger partial charge in [-0.15, -0.1) is 0 Å². The molecule has 0 unspecified atom stereocenters. The second-order valence-corrected chi connectivity index (χ2v) is 4.63. The Morgan fingerprint density at radius 1 is 1.18 bits per heavy atom. The fourth-order valence-electron chi connectivity index (χ4n) is 2.05. The molecule has 5 nitrogen and oxygen atoms in total. The normalized spacial score (nSPS) is 10.8. The summed E-state index contributed by atoms with van der Waals surface area (Å²) in [5.41, 5.74) is 1.10. The molecule has 0 bridgehead atoms. The Balaban J connectivity index is 2.50. The molecule has 0 spiro atoms. The smallest absolute Gasteiger partial charge is 0.276 e. The summed E-state index contributed by atoms with van der Waals surface area (Å²) in [6.07, 6.45) is 1.26. The fraction of sp³-hybridized carbons (Fsp3) is 0.0588. The van der Waals surface area contributed by atoms with Crippen molar-refractivity contribution in [3.63, 3.8) is 0 Å². The molecule has 5 heteroatoms. The number of nitro groups is 1. The predicted octanol–water partition coefficient (Wildman–Crippen LogP) is 3.69. The number of Topliss-reactive ketones (excluding diaryl/α,β-unsaturated/α-hetero) is 1. The highest BCUT2D eigenvalue weighted by molar-refractivity contribution is 6.14. The Labute approximate surface area is 127 Å². The van der Waals surface area contributed by atoms with E-state index in [9.17, 15) is 20.2 Å². The minimum atomic E-state index is -0.543. The summed E-state index contributed by atoms with van der Waals surface area (Å²) in [7, 11) is 0. The molecule has 108 valence electrons. The summed E-state index contributed by atoms with van der Waals surface area (Å²) in [5.74, 6) is -0.446. The van der Waals surface area contributed by atoms with Crippen LogP contribution < -0.4 is 0 Å². The first-order valence-corrected chi connectivity index (χ1v) is 6.50. The zero-order valence-corrected chi connectivity index (χ0v) is 11.8. The molecule has 0 aliphatic carbocycles. The van der Waals surface area contributed by atoms with E-state index in [1.54, 1.807) is 37.3 Å². The topological polar surface area (TPSA) is 84.0 Å². The second kappa shape index (κ2) is 6.46. The molecule has 0 saturated heterocycles. The largest absolute Gasteiger partial charge is 0.288 e. The van der Waals surface area contributed by atoms with E-state index in [0.717, 1.165) is 5.56 Å². The third kappa shape index (κ3) is 3.07. The van der Waals surface area contributed by atoms with Gasteiger partial charge in [0.1, 0.15) is 11.6 Å². The van der Waals surface area contributed by atoms with Gasteiger partial charge >= 0.3 is 0 Å². The molecule has 0 fully saturated rings. The van der Waals surface area contributed by atoms with Crippen molar-refractivity contribution in [1.29, 1.82) is 5.26 Å². The highest BCUT2D eigenvalue weighted by atomic mass is 16.6. The molecule has 0 aromatic heterocycles. The van der Waals surface area contributed by atoms with Crippen molar-refractivity contribution < 1.29 is 9.72 Å². The van der Waals surface area contributed by atoms with E-state index in [4.69, 9.17) is 0 Å². The minimum absolute atomic E-state index is 0.136. The van der Waals surface area contributed by atoms with E-state index >= 15 is 0 Å². The molecular weight excluding hydrogens is 280 g/mol. The van der Waals surface area contributed by atoms with Crippen LogP contribution in [0.1, 0.15) is 21.5 Å². The van der Waals surface area contributed by atoms with Crippen LogP contribution in [0.25, 0.3) is 6.08 Å². The molecule has 0 atom stereocenters. The number of nitriles is 1. The number of carbonyl (C=O) groups is 1. The molecule has 22 heavy (non-hydrogen) atoms. The van der Waals surface area contributed by atoms with Gasteiger partial charge in [0, 0.05) is 11.6 Å². The molecule has 0 N–H and O–H groups in total. The predicted molar refractivity (Wildman–Crippen MR) is 82.2 cm³/mol. The monoisotopic (exact) mass is 292 g/mol. The number of aryl methyl sites for hydroxylation is 1. The van der Waals surface area contributed by atoms with Gasteiger partial charge in [0.2, 0.25) is 5.78 Å². The number of rotatable bonds is 4. The summed E-state index contributed by atoms with van der Waals surface area (Å²) in [6.45, 7) is 1.77. The first-order valence-electron chi connectivity index (χ1n) is 6.50. The summed E-state index contributed by atoms with van der Waals surface area (Å²) in [6, 6.07) is 14.7. The van der Waals surface area contributed by atoms with Gasteiger partial charge in [0.15, 0.2) is 0 Å². The van der Waals surface area contributed by atoms with Crippen LogP contribution in [0.3, 0.4) is 0 Å². The first-order chi connectivity index (χ1) is 10.5. The van der Waals surface area contributed by atoms with Crippen molar-refractivity contribution in [2.24, 2.45) is 0 Å². The number of benzene rings is 2. The number of allylic oxidation sites excluding steroid dienone is 1. The third-order valence-electron chi connectivity index (χ3n) is 3.19. The molecular formula is C17H12N2O3. The van der Waals surface area contributed by atoms with Crippen LogP contribution in [-0.2, 0) is 0 Å². The van der Waals surface area contributed by atoms with Crippen molar-refractivity contribution in [3.05, 3.63) is 80.9 Å². The van der Waals surface area contributed by atoms with Crippen LogP contribution in [0, 0.1) is 28.4 Å². The summed E-state index contributed by atoms with van der Waals surface area (Å²) < 4.78 is 0. The summed E-state index contributed by atoms with van der Waals surface area (Å²) >= 11 is 0. The van der Waals surface area contributed by atoms with E-state index in [0.29, 0.717) is 5.56 Å². The number of ketones is 1. The van der Waals surface area contributed by atoms with E-state index in [1.807, 2.05) is 6.07 Å². The van der Waals surface area contributed by atoms with Gasteiger partial charge in [0.05, 0.1) is 10.5 Å². The van der Waals surface area contributed by atoms with Crippen LogP contribution in [0.15, 0.2) is 54.1 Å². The van der Waals surface area contributed by atoms with E-state index in [2.05, 4.69) is 0 Å². The number of nitro benzene ring substituents is 1. The quantitative estimate of drug-likeness (QED) is 0.283. The Morgan fingerprint density at radius 3 is 2.45 bits per heavy atom. The molecule has 2 rings (SSSR count). The number of para-hydroxylation sites is 1. The van der Waals surface area contributed by atoms with Gasteiger partial charge in [-0.2, -0.15) is 5.26 Å². The van der Waals surface area contributed by atoms with Crippen LogP contribution in [0.5, 0.6) is 0 Å². The average molecular weight is 292 g/mol. The number of hydrogen-bond acceptors (Lipinski definition) is 4. The number of hydrogen-bond donors (Lipinski definition) is 0. The molecule has 0 amide bonds. The highest BCUT2D eigenvalue weighted by Crippen LogP contribution is 2.22. The zero-order chi connectivity index (χ0) is 16.1. The van der Waals surface area contributed by atoms with Crippen molar-refractivity contribution in [2.45, 2.75) is 6.92 Å². The van der Waals surface area contributed by atoms with Gasteiger partial charge in [-0.25, -0.2) is 0 Å². The van der Waals surface area contributed by atoms with Gasteiger partial charge < -0.3 is 0 Å². The van der Waals surface area contributed by atoms with Crippen LogP contribution >= 0.6 is 0 Å². The van der Waals surface area contributed by atoms with Crippen molar-refractivity contribution in [2.75, 3.05) is 0 Å². The Kier molecular flexibility index (Phi) is 4.44. The van der Waals surface area contributed by atoms with Crippen LogP contribution in [0.2, 0.25) is 0 Å². The van der Waals surface area contributed by atoms with Crippen molar-refractivity contribution in [3.8, 4) is 6.07 Å². The van der Waals surface area contributed by atoms with Gasteiger partial charge in [-0.3, -0.25) is 14.9 Å². The van der Waals surface area contributed by atoms with Crippen molar-refractivity contribution in [1.82, 2.24) is 0 Å². The van der Waals surface area contributed by atoms with Crippen LogP contribution in [-0.4, -0.2) is 10.7 Å². The van der Waals surface area contributed by atoms with E-state index in [-0.39, 0.29) is 16.8 Å². The maximum Gasteiger partial charge on any atom is 0.276 e. The van der Waals surface area contributed by atoms with Gasteiger partial charge in [-0.1, -0.05) is 36.4 Å². The standard InChI is InChI=1S/C17H12N2O3/c1-12-6-2-4-8-15(12)17(20)14(11-18)10-13-7-3-5-9-16(13)19(21)22/h2-10H,1H3/b14-10+. The maximum atomic E-state index is 12.4. The van der Waals surface area contributed by atoms with Gasteiger partial charge in [-0.05, 0) is 24.6 Å². The molecule has 2 aromatic rings. The lowest BCUT2D eigenvalue weighted by molar-refractivity contribution is -0.385. The lowest BCUT2D eigenvalue weighted by atomic mass is 9.98. The summed E-state index contributed by atoms with van der Waals surface area (Å²) in [5, 5.41) is 20.2. The lowest BCUT2D eigenvalue weighted by Gasteiger charge is -2.03. The van der Waals surface area contributed by atoms with E-state index in [1.165, 1.54) is 24.3 Å². The number of nitrogens with zero attached hydrogens (tertiary/aromatic N) is 2. The SMILES string of the molecule is Cc1ccccc1C(=O)/C(C#N)=C/c1ccccc1[N+](=O)[O-]. The Bertz CT molecular complexity index is 817. The molecule has 0 heterocycles. The summed E-state index contributed by atoms with van der Waals surface area (Å²) in [4.78, 5) is 22.9.